The van der Waals surface area contributed by atoms with Crippen molar-refractivity contribution >= 4 is 28.4 Å². The summed E-state index contributed by atoms with van der Waals surface area (Å²) >= 11 is 0. The number of anilines is 1. The Hall–Kier alpha value is -3.41. The van der Waals surface area contributed by atoms with E-state index < -0.39 is 17.4 Å². The van der Waals surface area contributed by atoms with E-state index >= 15 is 0 Å². The molecule has 0 aliphatic carbocycles. The molecule has 1 N–H and O–H groups in total. The fraction of sp³-hybridized carbons (Fsp3) is 0.190. The third-order valence-corrected chi connectivity index (χ3v) is 4.49. The molecule has 0 radical (unpaired) electrons. The van der Waals surface area contributed by atoms with Crippen LogP contribution in [0.25, 0.3) is 11.0 Å². The van der Waals surface area contributed by atoms with Gasteiger partial charge >= 0.3 is 11.6 Å². The van der Waals surface area contributed by atoms with Gasteiger partial charge in [0.05, 0.1) is 5.56 Å². The lowest BCUT2D eigenvalue weighted by Gasteiger charge is -2.20. The van der Waals surface area contributed by atoms with Crippen LogP contribution in [-0.4, -0.2) is 29.9 Å². The Morgan fingerprint density at radius 2 is 1.59 bits per heavy atom. The Morgan fingerprint density at radius 1 is 0.963 bits per heavy atom. The standard InChI is InChI=1S/C21H19NO5/c1-3-22(4-2)16-10-9-15-11-17(21(26)27-18(15)12-16)19(23)13-5-7-14(8-6-13)20(24)25/h5-12H,3-4H2,1-2H3,(H,24,25). The molecule has 0 aliphatic heterocycles. The molecular formula is C21H19NO5. The van der Waals surface area contributed by atoms with Crippen LogP contribution in [0.1, 0.15) is 40.1 Å². The van der Waals surface area contributed by atoms with Gasteiger partial charge in [-0.1, -0.05) is 12.1 Å². The van der Waals surface area contributed by atoms with E-state index in [-0.39, 0.29) is 16.7 Å². The highest BCUT2D eigenvalue weighted by atomic mass is 16.4. The fourth-order valence-corrected chi connectivity index (χ4v) is 2.96. The normalized spacial score (nSPS) is 10.7. The van der Waals surface area contributed by atoms with Gasteiger partial charge in [-0.25, -0.2) is 9.59 Å². The van der Waals surface area contributed by atoms with E-state index in [0.717, 1.165) is 18.8 Å². The van der Waals surface area contributed by atoms with Gasteiger partial charge < -0.3 is 14.4 Å². The second-order valence-corrected chi connectivity index (χ2v) is 6.05. The van der Waals surface area contributed by atoms with Gasteiger partial charge in [0.2, 0.25) is 0 Å². The highest BCUT2D eigenvalue weighted by Crippen LogP contribution is 2.22. The molecule has 0 unspecified atom stereocenters. The molecule has 2 aromatic carbocycles. The number of aromatic carboxylic acids is 1. The summed E-state index contributed by atoms with van der Waals surface area (Å²) in [5.41, 5.74) is 0.862. The van der Waals surface area contributed by atoms with Crippen molar-refractivity contribution in [3.8, 4) is 0 Å². The number of fused-ring (bicyclic) bond motifs is 1. The van der Waals surface area contributed by atoms with Crippen LogP contribution in [0.3, 0.4) is 0 Å². The fourth-order valence-electron chi connectivity index (χ4n) is 2.96. The number of carbonyl (C=O) groups is 2. The minimum Gasteiger partial charge on any atom is -0.478 e. The van der Waals surface area contributed by atoms with Crippen LogP contribution >= 0.6 is 0 Å². The number of ketones is 1. The maximum Gasteiger partial charge on any atom is 0.347 e. The van der Waals surface area contributed by atoms with Crippen molar-refractivity contribution in [1.29, 1.82) is 0 Å². The van der Waals surface area contributed by atoms with Gasteiger partial charge in [0.25, 0.3) is 0 Å². The number of carboxylic acid groups (broad SMARTS) is 1. The first-order valence-corrected chi connectivity index (χ1v) is 8.65. The van der Waals surface area contributed by atoms with Gasteiger partial charge in [0, 0.05) is 35.8 Å². The Balaban J connectivity index is 2.01. The van der Waals surface area contributed by atoms with Crippen LogP contribution in [0.5, 0.6) is 0 Å². The Kier molecular flexibility index (Phi) is 5.07. The second-order valence-electron chi connectivity index (χ2n) is 6.05. The number of carbonyl (C=O) groups excluding carboxylic acids is 1. The van der Waals surface area contributed by atoms with Crippen molar-refractivity contribution in [3.05, 3.63) is 75.6 Å². The van der Waals surface area contributed by atoms with Crippen molar-refractivity contribution in [3.63, 3.8) is 0 Å². The quantitative estimate of drug-likeness (QED) is 0.531. The summed E-state index contributed by atoms with van der Waals surface area (Å²) in [7, 11) is 0. The monoisotopic (exact) mass is 365 g/mol. The molecule has 3 rings (SSSR count). The van der Waals surface area contributed by atoms with Crippen LogP contribution in [0, 0.1) is 0 Å². The van der Waals surface area contributed by atoms with Crippen molar-refractivity contribution in [2.75, 3.05) is 18.0 Å². The molecule has 6 nitrogen and oxygen atoms in total. The van der Waals surface area contributed by atoms with E-state index in [2.05, 4.69) is 4.90 Å². The van der Waals surface area contributed by atoms with Gasteiger partial charge in [-0.15, -0.1) is 0 Å². The number of hydrogen-bond acceptors (Lipinski definition) is 5. The number of nitrogens with zero attached hydrogens (tertiary/aromatic N) is 1. The summed E-state index contributed by atoms with van der Waals surface area (Å²) in [6.07, 6.45) is 0. The van der Waals surface area contributed by atoms with Gasteiger partial charge in [-0.3, -0.25) is 4.79 Å². The Labute approximate surface area is 155 Å². The van der Waals surface area contributed by atoms with E-state index in [4.69, 9.17) is 9.52 Å². The summed E-state index contributed by atoms with van der Waals surface area (Å²) in [4.78, 5) is 38.0. The first-order valence-electron chi connectivity index (χ1n) is 8.65. The van der Waals surface area contributed by atoms with Gasteiger partial charge in [0.15, 0.2) is 5.78 Å². The first kappa shape index (κ1) is 18.4. The first-order chi connectivity index (χ1) is 12.9. The third-order valence-electron chi connectivity index (χ3n) is 4.49. The lowest BCUT2D eigenvalue weighted by Crippen LogP contribution is -2.21. The van der Waals surface area contributed by atoms with Crippen LogP contribution in [0.2, 0.25) is 0 Å². The molecule has 1 heterocycles. The number of carboxylic acids is 1. The lowest BCUT2D eigenvalue weighted by atomic mass is 10.0. The van der Waals surface area contributed by atoms with Crippen molar-refractivity contribution in [1.82, 2.24) is 0 Å². The van der Waals surface area contributed by atoms with Crippen LogP contribution in [0.4, 0.5) is 5.69 Å². The molecule has 0 fully saturated rings. The van der Waals surface area contributed by atoms with Crippen molar-refractivity contribution in [2.24, 2.45) is 0 Å². The minimum atomic E-state index is -1.08. The predicted octanol–water partition coefficient (Wildman–Crippen LogP) is 3.57. The van der Waals surface area contributed by atoms with E-state index in [1.807, 2.05) is 26.0 Å². The molecule has 1 aromatic heterocycles. The average molecular weight is 365 g/mol. The van der Waals surface area contributed by atoms with E-state index in [0.29, 0.717) is 11.0 Å². The Bertz CT molecular complexity index is 1060. The maximum atomic E-state index is 12.6. The van der Waals surface area contributed by atoms with Gasteiger partial charge in [-0.05, 0) is 44.2 Å². The zero-order chi connectivity index (χ0) is 19.6. The number of hydrogen-bond donors (Lipinski definition) is 1. The second kappa shape index (κ2) is 7.45. The minimum absolute atomic E-state index is 0.0704. The molecule has 27 heavy (non-hydrogen) atoms. The molecule has 0 aliphatic rings. The SMILES string of the molecule is CCN(CC)c1ccc2cc(C(=O)c3ccc(C(=O)O)cc3)c(=O)oc2c1. The van der Waals surface area contributed by atoms with E-state index in [9.17, 15) is 14.4 Å². The molecule has 0 spiro atoms. The van der Waals surface area contributed by atoms with Gasteiger partial charge in [0.1, 0.15) is 11.1 Å². The largest absolute Gasteiger partial charge is 0.478 e. The number of rotatable bonds is 6. The van der Waals surface area contributed by atoms with Crippen molar-refractivity contribution in [2.45, 2.75) is 13.8 Å². The molecular weight excluding hydrogens is 346 g/mol. The predicted molar refractivity (Wildman–Crippen MR) is 103 cm³/mol. The summed E-state index contributed by atoms with van der Waals surface area (Å²) in [5.74, 6) is -1.58. The average Bonchev–Trinajstić information content (AvgIpc) is 2.68. The van der Waals surface area contributed by atoms with Crippen LogP contribution < -0.4 is 10.5 Å². The summed E-state index contributed by atoms with van der Waals surface area (Å²) in [6, 6.07) is 12.5. The summed E-state index contributed by atoms with van der Waals surface area (Å²) < 4.78 is 5.38. The molecule has 0 amide bonds. The van der Waals surface area contributed by atoms with E-state index in [1.54, 1.807) is 6.07 Å². The van der Waals surface area contributed by atoms with Crippen LogP contribution in [0.15, 0.2) is 57.7 Å². The third kappa shape index (κ3) is 3.60. The Morgan fingerprint density at radius 3 is 2.19 bits per heavy atom. The summed E-state index contributed by atoms with van der Waals surface area (Å²) in [5, 5.41) is 9.59. The zero-order valence-electron chi connectivity index (χ0n) is 15.1. The topological polar surface area (TPSA) is 87.8 Å². The molecule has 0 atom stereocenters. The summed E-state index contributed by atoms with van der Waals surface area (Å²) in [6.45, 7) is 5.74. The molecule has 0 bridgehead atoms. The molecule has 6 heteroatoms. The maximum absolute atomic E-state index is 12.6. The molecule has 0 saturated carbocycles. The number of benzene rings is 2. The molecule has 0 saturated heterocycles. The van der Waals surface area contributed by atoms with Crippen LogP contribution in [-0.2, 0) is 0 Å². The van der Waals surface area contributed by atoms with E-state index in [1.165, 1.54) is 30.3 Å². The lowest BCUT2D eigenvalue weighted by molar-refractivity contribution is 0.0696. The molecule has 138 valence electrons. The van der Waals surface area contributed by atoms with Gasteiger partial charge in [-0.2, -0.15) is 0 Å². The smallest absolute Gasteiger partial charge is 0.347 e. The zero-order valence-corrected chi connectivity index (χ0v) is 15.1. The molecule has 3 aromatic rings. The van der Waals surface area contributed by atoms with Crippen molar-refractivity contribution < 1.29 is 19.1 Å². The highest BCUT2D eigenvalue weighted by Gasteiger charge is 2.17. The highest BCUT2D eigenvalue weighted by molar-refractivity contribution is 6.10.